The van der Waals surface area contributed by atoms with E-state index >= 15 is 0 Å². The molecule has 0 spiro atoms. The number of nitrogens with one attached hydrogen (secondary N) is 1. The van der Waals surface area contributed by atoms with Crippen LogP contribution in [0.5, 0.6) is 0 Å². The first-order valence-corrected chi connectivity index (χ1v) is 11.2. The van der Waals surface area contributed by atoms with E-state index in [0.29, 0.717) is 11.3 Å². The number of benzene rings is 3. The summed E-state index contributed by atoms with van der Waals surface area (Å²) < 4.78 is 5.51. The third kappa shape index (κ3) is 4.72. The number of aliphatic hydroxyl groups is 2. The van der Waals surface area contributed by atoms with Crippen LogP contribution in [-0.2, 0) is 4.74 Å². The number of alkyl carbamates (subject to hydrolysis) is 1. The Hall–Kier alpha value is -3.35. The molecule has 6 heteroatoms. The topological polar surface area (TPSA) is 105 Å². The van der Waals surface area contributed by atoms with Gasteiger partial charge in [-0.05, 0) is 65.3 Å². The van der Waals surface area contributed by atoms with Gasteiger partial charge < -0.3 is 26.0 Å². The van der Waals surface area contributed by atoms with Crippen molar-refractivity contribution in [3.63, 3.8) is 0 Å². The lowest BCUT2D eigenvalue weighted by molar-refractivity contribution is 0.0133. The molecule has 0 fully saturated rings. The second-order valence-electron chi connectivity index (χ2n) is 8.62. The minimum absolute atomic E-state index is 0.00713. The second-order valence-corrected chi connectivity index (χ2v) is 8.62. The molecule has 0 bridgehead atoms. The highest BCUT2D eigenvalue weighted by atomic mass is 16.5. The Kier molecular flexibility index (Phi) is 6.67. The summed E-state index contributed by atoms with van der Waals surface area (Å²) in [5.74, 6) is -0.00713. The zero-order chi connectivity index (χ0) is 23.5. The minimum Gasteiger partial charge on any atom is -0.449 e. The normalized spacial score (nSPS) is 14.3. The first-order chi connectivity index (χ1) is 15.9. The molecule has 1 amide bonds. The number of aryl methyl sites for hydroxylation is 2. The highest BCUT2D eigenvalue weighted by molar-refractivity contribution is 5.79. The number of hydrogen-bond donors (Lipinski definition) is 4. The zero-order valence-corrected chi connectivity index (χ0v) is 18.9. The van der Waals surface area contributed by atoms with Gasteiger partial charge in [0.25, 0.3) is 0 Å². The van der Waals surface area contributed by atoms with E-state index in [4.69, 9.17) is 10.5 Å². The molecule has 3 aromatic carbocycles. The quantitative estimate of drug-likeness (QED) is 0.407. The van der Waals surface area contributed by atoms with Crippen LogP contribution in [0.15, 0.2) is 60.7 Å². The Morgan fingerprint density at radius 3 is 2.24 bits per heavy atom. The zero-order valence-electron chi connectivity index (χ0n) is 18.9. The smallest absolute Gasteiger partial charge is 0.407 e. The average molecular weight is 447 g/mol. The minimum atomic E-state index is -1.06. The summed E-state index contributed by atoms with van der Waals surface area (Å²) in [4.78, 5) is 12.3. The van der Waals surface area contributed by atoms with Gasteiger partial charge in [-0.25, -0.2) is 4.79 Å². The lowest BCUT2D eigenvalue weighted by Crippen LogP contribution is -2.30. The van der Waals surface area contributed by atoms with E-state index < -0.39 is 18.3 Å². The molecular formula is C27H30N2O4. The van der Waals surface area contributed by atoms with E-state index in [1.54, 1.807) is 12.1 Å². The van der Waals surface area contributed by atoms with Crippen molar-refractivity contribution in [2.45, 2.75) is 38.4 Å². The number of amides is 1. The van der Waals surface area contributed by atoms with Crippen LogP contribution in [0.25, 0.3) is 11.1 Å². The summed E-state index contributed by atoms with van der Waals surface area (Å²) >= 11 is 0. The third-order valence-electron chi connectivity index (χ3n) is 6.39. The van der Waals surface area contributed by atoms with Crippen LogP contribution in [0, 0.1) is 13.8 Å². The Labute approximate surface area is 194 Å². The molecule has 172 valence electrons. The predicted octanol–water partition coefficient (Wildman–Crippen LogP) is 4.21. The maximum Gasteiger partial charge on any atom is 0.407 e. The lowest BCUT2D eigenvalue weighted by Gasteiger charge is -2.21. The summed E-state index contributed by atoms with van der Waals surface area (Å²) in [6.45, 7) is 4.11. The standard InChI is InChI=1S/C27H30N2O4/c1-16-14-24(28)17(2)13-22(16)26(31)25(30)11-12-29-27(32)33-15-23-20-9-5-3-7-18(20)19-8-4-6-10-21(19)23/h3-10,13-14,23,25-26,30-31H,11-12,15,28H2,1-2H3,(H,29,32). The van der Waals surface area contributed by atoms with Gasteiger partial charge in [0.05, 0.1) is 6.10 Å². The number of ether oxygens (including phenoxy) is 1. The van der Waals surface area contributed by atoms with E-state index in [-0.39, 0.29) is 25.5 Å². The van der Waals surface area contributed by atoms with Gasteiger partial charge in [-0.3, -0.25) is 0 Å². The van der Waals surface area contributed by atoms with Crippen molar-refractivity contribution in [3.8, 4) is 11.1 Å². The molecule has 0 saturated heterocycles. The van der Waals surface area contributed by atoms with Crippen molar-refractivity contribution in [2.75, 3.05) is 18.9 Å². The summed E-state index contributed by atoms with van der Waals surface area (Å²) in [5.41, 5.74) is 13.5. The Morgan fingerprint density at radius 1 is 1.00 bits per heavy atom. The molecule has 6 nitrogen and oxygen atoms in total. The summed E-state index contributed by atoms with van der Waals surface area (Å²) in [5, 5.41) is 23.6. The Bertz CT molecular complexity index is 1120. The molecule has 0 aromatic heterocycles. The van der Waals surface area contributed by atoms with Gasteiger partial charge in [-0.15, -0.1) is 0 Å². The van der Waals surface area contributed by atoms with E-state index in [0.717, 1.165) is 22.3 Å². The monoisotopic (exact) mass is 446 g/mol. The van der Waals surface area contributed by atoms with E-state index in [1.807, 2.05) is 38.1 Å². The van der Waals surface area contributed by atoms with Crippen molar-refractivity contribution < 1.29 is 19.7 Å². The molecule has 0 radical (unpaired) electrons. The van der Waals surface area contributed by atoms with Crippen molar-refractivity contribution in [2.24, 2.45) is 0 Å². The molecule has 0 saturated carbocycles. The number of fused-ring (bicyclic) bond motifs is 3. The number of hydrogen-bond acceptors (Lipinski definition) is 5. The highest BCUT2D eigenvalue weighted by Crippen LogP contribution is 2.44. The van der Waals surface area contributed by atoms with Crippen LogP contribution in [0.4, 0.5) is 10.5 Å². The lowest BCUT2D eigenvalue weighted by atomic mass is 9.95. The molecule has 5 N–H and O–H groups in total. The first kappa shape index (κ1) is 22.8. The third-order valence-corrected chi connectivity index (χ3v) is 6.39. The van der Waals surface area contributed by atoms with Crippen molar-refractivity contribution in [3.05, 3.63) is 88.5 Å². The van der Waals surface area contributed by atoms with E-state index in [2.05, 4.69) is 29.6 Å². The fourth-order valence-electron chi connectivity index (χ4n) is 4.52. The van der Waals surface area contributed by atoms with Gasteiger partial charge in [-0.1, -0.05) is 54.6 Å². The van der Waals surface area contributed by atoms with Gasteiger partial charge in [-0.2, -0.15) is 0 Å². The summed E-state index contributed by atoms with van der Waals surface area (Å²) in [6.07, 6.45) is -2.44. The van der Waals surface area contributed by atoms with Gasteiger partial charge >= 0.3 is 6.09 Å². The SMILES string of the molecule is Cc1cc(C(O)C(O)CCNC(=O)OCC2c3ccccc3-c3ccccc32)c(C)cc1N. The molecule has 0 aliphatic heterocycles. The average Bonchev–Trinajstić information content (AvgIpc) is 3.13. The summed E-state index contributed by atoms with van der Waals surface area (Å²) in [6, 6.07) is 19.9. The van der Waals surface area contributed by atoms with Crippen LogP contribution in [-0.4, -0.2) is 35.6 Å². The molecule has 33 heavy (non-hydrogen) atoms. The molecule has 2 unspecified atom stereocenters. The highest BCUT2D eigenvalue weighted by Gasteiger charge is 2.29. The van der Waals surface area contributed by atoms with Gasteiger partial charge in [0.1, 0.15) is 12.7 Å². The number of nitrogens with two attached hydrogens (primary N) is 1. The number of anilines is 1. The van der Waals surface area contributed by atoms with E-state index in [9.17, 15) is 15.0 Å². The number of aliphatic hydroxyl groups excluding tert-OH is 2. The van der Waals surface area contributed by atoms with Crippen LogP contribution in [0.1, 0.15) is 46.3 Å². The van der Waals surface area contributed by atoms with Crippen molar-refractivity contribution in [1.82, 2.24) is 5.32 Å². The molecule has 0 heterocycles. The molecule has 1 aliphatic rings. The van der Waals surface area contributed by atoms with Crippen LogP contribution in [0.2, 0.25) is 0 Å². The molecule has 2 atom stereocenters. The molecule has 3 aromatic rings. The summed E-state index contributed by atoms with van der Waals surface area (Å²) in [7, 11) is 0. The maximum atomic E-state index is 12.3. The van der Waals surface area contributed by atoms with Gasteiger partial charge in [0.15, 0.2) is 0 Å². The van der Waals surface area contributed by atoms with Gasteiger partial charge in [0.2, 0.25) is 0 Å². The fraction of sp³-hybridized carbons (Fsp3) is 0.296. The number of carbonyl (C=O) groups is 1. The van der Waals surface area contributed by atoms with E-state index in [1.165, 1.54) is 11.1 Å². The largest absolute Gasteiger partial charge is 0.449 e. The number of rotatable bonds is 7. The first-order valence-electron chi connectivity index (χ1n) is 11.2. The maximum absolute atomic E-state index is 12.3. The molecule has 1 aliphatic carbocycles. The fourth-order valence-corrected chi connectivity index (χ4v) is 4.52. The Balaban J connectivity index is 1.30. The predicted molar refractivity (Wildman–Crippen MR) is 129 cm³/mol. The van der Waals surface area contributed by atoms with Crippen molar-refractivity contribution >= 4 is 11.8 Å². The van der Waals surface area contributed by atoms with Gasteiger partial charge in [0, 0.05) is 18.2 Å². The molecule has 4 rings (SSSR count). The van der Waals surface area contributed by atoms with Crippen LogP contribution in [0.3, 0.4) is 0 Å². The van der Waals surface area contributed by atoms with Crippen molar-refractivity contribution in [1.29, 1.82) is 0 Å². The second kappa shape index (κ2) is 9.65. The van der Waals surface area contributed by atoms with Crippen LogP contribution < -0.4 is 11.1 Å². The molecular weight excluding hydrogens is 416 g/mol. The van der Waals surface area contributed by atoms with Crippen LogP contribution >= 0.6 is 0 Å². The number of carbonyl (C=O) groups excluding carboxylic acids is 1. The Morgan fingerprint density at radius 2 is 1.61 bits per heavy atom. The number of nitrogen functional groups attached to an aromatic ring is 1.